The average molecular weight is 240 g/mol. The predicted octanol–water partition coefficient (Wildman–Crippen LogP) is 1.96. The first-order chi connectivity index (χ1) is 7.58. The van der Waals surface area contributed by atoms with E-state index < -0.39 is 0 Å². The van der Waals surface area contributed by atoms with Crippen LogP contribution in [-0.2, 0) is 4.74 Å². The Hall–Kier alpha value is -0.940. The van der Waals surface area contributed by atoms with Crippen LogP contribution in [0.25, 0.3) is 0 Å². The number of morpholine rings is 1. The fraction of sp³-hybridized carbons (Fsp3) is 0.636. The van der Waals surface area contributed by atoms with E-state index in [1.165, 1.54) is 11.3 Å². The molecule has 0 saturated carbocycles. The highest BCUT2D eigenvalue weighted by atomic mass is 32.1. The summed E-state index contributed by atoms with van der Waals surface area (Å²) in [4.78, 5) is 17.8. The lowest BCUT2D eigenvalue weighted by Gasteiger charge is -2.36. The molecule has 0 radical (unpaired) electrons. The maximum Gasteiger partial charge on any atom is 0.186 e. The van der Waals surface area contributed by atoms with Gasteiger partial charge in [-0.2, -0.15) is 0 Å². The van der Waals surface area contributed by atoms with Gasteiger partial charge < -0.3 is 9.64 Å². The lowest BCUT2D eigenvalue weighted by Crippen LogP contribution is -2.47. The zero-order valence-corrected chi connectivity index (χ0v) is 10.6. The van der Waals surface area contributed by atoms with Crippen molar-refractivity contribution in [2.75, 3.05) is 18.1 Å². The molecular weight excluding hydrogens is 224 g/mol. The number of aromatic nitrogens is 1. The number of hydrogen-bond donors (Lipinski definition) is 0. The zero-order valence-electron chi connectivity index (χ0n) is 9.77. The summed E-state index contributed by atoms with van der Waals surface area (Å²) >= 11 is 1.53. The molecule has 1 aliphatic rings. The topological polar surface area (TPSA) is 42.4 Å². The first kappa shape index (κ1) is 11.5. The van der Waals surface area contributed by atoms with Gasteiger partial charge in [-0.3, -0.25) is 4.79 Å². The molecule has 0 amide bonds. The van der Waals surface area contributed by atoms with E-state index in [2.05, 4.69) is 23.7 Å². The molecule has 88 valence electrons. The SMILES string of the molecule is CC(=O)c1csc(N2CC(C)OCC2C)n1. The third-order valence-corrected chi connectivity index (χ3v) is 3.58. The Balaban J connectivity index is 2.18. The number of Topliss-reactive ketones (excluding diaryl/α,β-unsaturated/α-hetero) is 1. The molecule has 0 N–H and O–H groups in total. The number of carbonyl (C=O) groups excluding carboxylic acids is 1. The molecule has 0 bridgehead atoms. The van der Waals surface area contributed by atoms with Crippen LogP contribution in [-0.4, -0.2) is 36.1 Å². The monoisotopic (exact) mass is 240 g/mol. The third-order valence-electron chi connectivity index (χ3n) is 2.71. The number of thiazole rings is 1. The fourth-order valence-corrected chi connectivity index (χ4v) is 2.70. The maximum atomic E-state index is 11.2. The molecule has 5 heteroatoms. The van der Waals surface area contributed by atoms with Crippen LogP contribution in [0.5, 0.6) is 0 Å². The summed E-state index contributed by atoms with van der Waals surface area (Å²) in [6.07, 6.45) is 0.223. The second-order valence-electron chi connectivity index (χ2n) is 4.22. The molecule has 2 rings (SSSR count). The molecule has 0 aliphatic carbocycles. The Labute approximate surface area is 99.2 Å². The smallest absolute Gasteiger partial charge is 0.186 e. The van der Waals surface area contributed by atoms with E-state index in [9.17, 15) is 4.79 Å². The van der Waals surface area contributed by atoms with Gasteiger partial charge in [-0.15, -0.1) is 11.3 Å². The van der Waals surface area contributed by atoms with E-state index in [0.29, 0.717) is 11.7 Å². The van der Waals surface area contributed by atoms with Gasteiger partial charge in [-0.05, 0) is 13.8 Å². The van der Waals surface area contributed by atoms with Crippen LogP contribution in [0.3, 0.4) is 0 Å². The first-order valence-electron chi connectivity index (χ1n) is 5.42. The van der Waals surface area contributed by atoms with Gasteiger partial charge >= 0.3 is 0 Å². The van der Waals surface area contributed by atoms with E-state index >= 15 is 0 Å². The quantitative estimate of drug-likeness (QED) is 0.741. The molecule has 2 atom stereocenters. The van der Waals surface area contributed by atoms with Gasteiger partial charge in [0.15, 0.2) is 10.9 Å². The van der Waals surface area contributed by atoms with Crippen molar-refractivity contribution in [3.05, 3.63) is 11.1 Å². The van der Waals surface area contributed by atoms with Gasteiger partial charge in [0.2, 0.25) is 0 Å². The summed E-state index contributed by atoms with van der Waals surface area (Å²) in [6, 6.07) is 0.321. The number of ether oxygens (including phenoxy) is 1. The second-order valence-corrected chi connectivity index (χ2v) is 5.05. The summed E-state index contributed by atoms with van der Waals surface area (Å²) in [5, 5.41) is 2.75. The Kier molecular flexibility index (Phi) is 3.25. The molecule has 0 aromatic carbocycles. The lowest BCUT2D eigenvalue weighted by atomic mass is 10.2. The molecule has 2 unspecified atom stereocenters. The van der Waals surface area contributed by atoms with E-state index in [0.717, 1.165) is 18.3 Å². The van der Waals surface area contributed by atoms with Crippen molar-refractivity contribution in [1.82, 2.24) is 4.98 Å². The Morgan fingerprint density at radius 2 is 2.38 bits per heavy atom. The van der Waals surface area contributed by atoms with E-state index in [4.69, 9.17) is 4.74 Å². The number of carbonyl (C=O) groups is 1. The number of anilines is 1. The van der Waals surface area contributed by atoms with Crippen LogP contribution in [0.2, 0.25) is 0 Å². The number of hydrogen-bond acceptors (Lipinski definition) is 5. The standard InChI is InChI=1S/C11H16N2O2S/c1-7-5-15-8(2)4-13(7)11-12-10(6-16-11)9(3)14/h6-8H,4-5H2,1-3H3. The average Bonchev–Trinajstić information content (AvgIpc) is 2.70. The second kappa shape index (κ2) is 4.51. The molecule has 16 heavy (non-hydrogen) atoms. The lowest BCUT2D eigenvalue weighted by molar-refractivity contribution is 0.0343. The molecule has 1 fully saturated rings. The van der Waals surface area contributed by atoms with Crippen LogP contribution >= 0.6 is 11.3 Å². The first-order valence-corrected chi connectivity index (χ1v) is 6.30. The van der Waals surface area contributed by atoms with Gasteiger partial charge in [-0.1, -0.05) is 0 Å². The van der Waals surface area contributed by atoms with Crippen LogP contribution < -0.4 is 4.90 Å². The van der Waals surface area contributed by atoms with E-state index in [-0.39, 0.29) is 11.9 Å². The van der Waals surface area contributed by atoms with E-state index in [1.54, 1.807) is 6.92 Å². The van der Waals surface area contributed by atoms with Crippen molar-refractivity contribution in [2.45, 2.75) is 32.9 Å². The minimum Gasteiger partial charge on any atom is -0.375 e. The highest BCUT2D eigenvalue weighted by molar-refractivity contribution is 7.13. The van der Waals surface area contributed by atoms with Crippen molar-refractivity contribution in [3.63, 3.8) is 0 Å². The maximum absolute atomic E-state index is 11.2. The molecule has 1 aromatic rings. The van der Waals surface area contributed by atoms with Gasteiger partial charge in [0, 0.05) is 18.8 Å². The van der Waals surface area contributed by atoms with Crippen LogP contribution in [0.4, 0.5) is 5.13 Å². The van der Waals surface area contributed by atoms with Crippen LogP contribution in [0.1, 0.15) is 31.3 Å². The van der Waals surface area contributed by atoms with Crippen LogP contribution in [0.15, 0.2) is 5.38 Å². The molecule has 4 nitrogen and oxygen atoms in total. The van der Waals surface area contributed by atoms with Gasteiger partial charge in [0.1, 0.15) is 5.69 Å². The minimum absolute atomic E-state index is 0.0245. The van der Waals surface area contributed by atoms with Crippen molar-refractivity contribution in [3.8, 4) is 0 Å². The normalized spacial score (nSPS) is 25.8. The van der Waals surface area contributed by atoms with Crippen molar-refractivity contribution < 1.29 is 9.53 Å². The molecule has 1 aromatic heterocycles. The highest BCUT2D eigenvalue weighted by Crippen LogP contribution is 2.25. The molecule has 2 heterocycles. The Bertz CT molecular complexity index is 391. The van der Waals surface area contributed by atoms with Gasteiger partial charge in [-0.25, -0.2) is 4.98 Å². The summed E-state index contributed by atoms with van der Waals surface area (Å²) in [6.45, 7) is 7.27. The zero-order chi connectivity index (χ0) is 11.7. The summed E-state index contributed by atoms with van der Waals surface area (Å²) in [5.41, 5.74) is 0.561. The third kappa shape index (κ3) is 2.25. The largest absolute Gasteiger partial charge is 0.375 e. The van der Waals surface area contributed by atoms with E-state index in [1.807, 2.05) is 5.38 Å². The van der Waals surface area contributed by atoms with Gasteiger partial charge in [0.25, 0.3) is 0 Å². The predicted molar refractivity (Wildman–Crippen MR) is 64.3 cm³/mol. The number of ketones is 1. The van der Waals surface area contributed by atoms with Crippen molar-refractivity contribution in [1.29, 1.82) is 0 Å². The Morgan fingerprint density at radius 1 is 1.62 bits per heavy atom. The molecule has 1 saturated heterocycles. The van der Waals surface area contributed by atoms with Crippen molar-refractivity contribution >= 4 is 22.3 Å². The van der Waals surface area contributed by atoms with Crippen molar-refractivity contribution in [2.24, 2.45) is 0 Å². The number of rotatable bonds is 2. The fourth-order valence-electron chi connectivity index (χ4n) is 1.73. The number of nitrogens with zero attached hydrogens (tertiary/aromatic N) is 2. The molecule has 1 aliphatic heterocycles. The van der Waals surface area contributed by atoms with Gasteiger partial charge in [0.05, 0.1) is 18.8 Å². The highest BCUT2D eigenvalue weighted by Gasteiger charge is 2.25. The summed E-state index contributed by atoms with van der Waals surface area (Å²) in [7, 11) is 0. The molecular formula is C11H16N2O2S. The summed E-state index contributed by atoms with van der Waals surface area (Å²) in [5.74, 6) is 0.0245. The Morgan fingerprint density at radius 3 is 3.00 bits per heavy atom. The summed E-state index contributed by atoms with van der Waals surface area (Å²) < 4.78 is 5.56. The minimum atomic E-state index is 0.0245. The van der Waals surface area contributed by atoms with Crippen LogP contribution in [0, 0.1) is 0 Å². The molecule has 0 spiro atoms.